The summed E-state index contributed by atoms with van der Waals surface area (Å²) in [7, 11) is 0. The third-order valence-electron chi connectivity index (χ3n) is 3.35. The number of amides is 1. The van der Waals surface area contributed by atoms with Crippen LogP contribution in [0.2, 0.25) is 0 Å². The fourth-order valence-electron chi connectivity index (χ4n) is 2.29. The molecule has 1 saturated heterocycles. The lowest BCUT2D eigenvalue weighted by atomic mass is 10.1. The lowest BCUT2D eigenvalue weighted by Crippen LogP contribution is -2.29. The van der Waals surface area contributed by atoms with Crippen molar-refractivity contribution in [2.75, 3.05) is 18.8 Å². The van der Waals surface area contributed by atoms with Crippen LogP contribution in [0.1, 0.15) is 19.2 Å². The van der Waals surface area contributed by atoms with Gasteiger partial charge in [-0.3, -0.25) is 9.59 Å². The number of hydrogen-bond donors (Lipinski definition) is 0. The smallest absolute Gasteiger partial charge is 0.223 e. The van der Waals surface area contributed by atoms with E-state index < -0.39 is 0 Å². The summed E-state index contributed by atoms with van der Waals surface area (Å²) in [6, 6.07) is 0. The maximum absolute atomic E-state index is 11.9. The Morgan fingerprint density at radius 2 is 2.32 bits per heavy atom. The van der Waals surface area contributed by atoms with E-state index in [0.717, 1.165) is 31.2 Å². The average molecular weight is 281 g/mol. The SMILES string of the molecule is CC(=O)SCC1CC(=O)N(CCn2ccnc2C)C1. The van der Waals surface area contributed by atoms with Crippen LogP contribution >= 0.6 is 11.8 Å². The fourth-order valence-corrected chi connectivity index (χ4v) is 2.98. The Labute approximate surface area is 117 Å². The Morgan fingerprint density at radius 3 is 2.95 bits per heavy atom. The normalized spacial score (nSPS) is 19.2. The highest BCUT2D eigenvalue weighted by molar-refractivity contribution is 8.13. The molecule has 0 radical (unpaired) electrons. The first-order valence-electron chi connectivity index (χ1n) is 6.45. The number of nitrogens with zero attached hydrogens (tertiary/aromatic N) is 3. The molecule has 104 valence electrons. The second-order valence-corrected chi connectivity index (χ2v) is 6.08. The van der Waals surface area contributed by atoms with E-state index in [2.05, 4.69) is 4.98 Å². The zero-order valence-electron chi connectivity index (χ0n) is 11.3. The van der Waals surface area contributed by atoms with E-state index in [1.54, 1.807) is 13.1 Å². The van der Waals surface area contributed by atoms with Crippen molar-refractivity contribution in [1.29, 1.82) is 0 Å². The molecule has 1 atom stereocenters. The van der Waals surface area contributed by atoms with E-state index in [9.17, 15) is 9.59 Å². The third-order valence-corrected chi connectivity index (χ3v) is 4.40. The van der Waals surface area contributed by atoms with Crippen molar-refractivity contribution in [1.82, 2.24) is 14.5 Å². The number of imidazole rings is 1. The maximum Gasteiger partial charge on any atom is 0.223 e. The van der Waals surface area contributed by atoms with Gasteiger partial charge in [0, 0.05) is 51.1 Å². The highest BCUT2D eigenvalue weighted by Crippen LogP contribution is 2.22. The zero-order chi connectivity index (χ0) is 13.8. The van der Waals surface area contributed by atoms with Gasteiger partial charge in [0.25, 0.3) is 0 Å². The van der Waals surface area contributed by atoms with Crippen molar-refractivity contribution < 1.29 is 9.59 Å². The second kappa shape index (κ2) is 6.23. The van der Waals surface area contributed by atoms with Crippen LogP contribution in [-0.2, 0) is 16.1 Å². The predicted molar refractivity (Wildman–Crippen MR) is 74.8 cm³/mol. The van der Waals surface area contributed by atoms with Crippen molar-refractivity contribution in [3.8, 4) is 0 Å². The highest BCUT2D eigenvalue weighted by atomic mass is 32.2. The van der Waals surface area contributed by atoms with Gasteiger partial charge in [-0.1, -0.05) is 11.8 Å². The Bertz CT molecular complexity index is 472. The van der Waals surface area contributed by atoms with Crippen LogP contribution in [0.3, 0.4) is 0 Å². The first-order chi connectivity index (χ1) is 9.06. The van der Waals surface area contributed by atoms with Crippen molar-refractivity contribution >= 4 is 22.8 Å². The molecule has 1 unspecified atom stereocenters. The molecule has 1 aromatic heterocycles. The molecule has 1 amide bonds. The molecule has 19 heavy (non-hydrogen) atoms. The fraction of sp³-hybridized carbons (Fsp3) is 0.615. The van der Waals surface area contributed by atoms with Gasteiger partial charge in [0.15, 0.2) is 5.12 Å². The number of carbonyl (C=O) groups is 2. The number of hydrogen-bond acceptors (Lipinski definition) is 4. The molecule has 5 nitrogen and oxygen atoms in total. The van der Waals surface area contributed by atoms with Crippen LogP contribution in [0, 0.1) is 12.8 Å². The first kappa shape index (κ1) is 14.1. The number of likely N-dealkylation sites (tertiary alicyclic amines) is 1. The quantitative estimate of drug-likeness (QED) is 0.817. The number of aromatic nitrogens is 2. The summed E-state index contributed by atoms with van der Waals surface area (Å²) in [5.41, 5.74) is 0. The molecule has 0 spiro atoms. The second-order valence-electron chi connectivity index (χ2n) is 4.88. The summed E-state index contributed by atoms with van der Waals surface area (Å²) < 4.78 is 2.05. The first-order valence-corrected chi connectivity index (χ1v) is 7.43. The van der Waals surface area contributed by atoms with Crippen LogP contribution in [-0.4, -0.2) is 44.3 Å². The molecule has 2 rings (SSSR count). The van der Waals surface area contributed by atoms with Gasteiger partial charge < -0.3 is 9.47 Å². The molecule has 0 aliphatic carbocycles. The van der Waals surface area contributed by atoms with Crippen LogP contribution in [0.15, 0.2) is 12.4 Å². The van der Waals surface area contributed by atoms with Crippen molar-refractivity contribution in [2.45, 2.75) is 26.8 Å². The summed E-state index contributed by atoms with van der Waals surface area (Å²) in [6.07, 6.45) is 4.27. The molecule has 1 aromatic rings. The van der Waals surface area contributed by atoms with Crippen LogP contribution in [0.25, 0.3) is 0 Å². The van der Waals surface area contributed by atoms with Crippen LogP contribution in [0.4, 0.5) is 0 Å². The molecule has 0 bridgehead atoms. The van der Waals surface area contributed by atoms with Gasteiger partial charge in [-0.2, -0.15) is 0 Å². The number of thioether (sulfide) groups is 1. The van der Waals surface area contributed by atoms with Gasteiger partial charge in [-0.25, -0.2) is 4.98 Å². The van der Waals surface area contributed by atoms with Gasteiger partial charge in [0.05, 0.1) is 0 Å². The highest BCUT2D eigenvalue weighted by Gasteiger charge is 2.29. The van der Waals surface area contributed by atoms with E-state index in [1.807, 2.05) is 22.6 Å². The summed E-state index contributed by atoms with van der Waals surface area (Å²) in [5.74, 6) is 2.23. The van der Waals surface area contributed by atoms with Crippen molar-refractivity contribution in [3.63, 3.8) is 0 Å². The summed E-state index contributed by atoms with van der Waals surface area (Å²) in [6.45, 7) is 5.80. The number of carbonyl (C=O) groups excluding carboxylic acids is 2. The molecule has 0 N–H and O–H groups in total. The Morgan fingerprint density at radius 1 is 1.53 bits per heavy atom. The average Bonchev–Trinajstić information content (AvgIpc) is 2.91. The molecule has 0 saturated carbocycles. The molecule has 0 aromatic carbocycles. The minimum atomic E-state index is 0.125. The molecular weight excluding hydrogens is 262 g/mol. The monoisotopic (exact) mass is 281 g/mol. The predicted octanol–water partition coefficient (Wildman–Crippen LogP) is 1.32. The van der Waals surface area contributed by atoms with Crippen molar-refractivity contribution in [2.24, 2.45) is 5.92 Å². The number of rotatable bonds is 5. The van der Waals surface area contributed by atoms with Crippen molar-refractivity contribution in [3.05, 3.63) is 18.2 Å². The molecule has 6 heteroatoms. The van der Waals surface area contributed by atoms with E-state index in [1.165, 1.54) is 11.8 Å². The Hall–Kier alpha value is -1.30. The molecule has 1 aliphatic rings. The van der Waals surface area contributed by atoms with Gasteiger partial charge in [0.2, 0.25) is 5.91 Å². The zero-order valence-corrected chi connectivity index (χ0v) is 12.2. The lowest BCUT2D eigenvalue weighted by molar-refractivity contribution is -0.127. The van der Waals surface area contributed by atoms with Gasteiger partial charge in [0.1, 0.15) is 5.82 Å². The van der Waals surface area contributed by atoms with E-state index in [4.69, 9.17) is 0 Å². The minimum Gasteiger partial charge on any atom is -0.341 e. The molecular formula is C13H19N3O2S. The summed E-state index contributed by atoms with van der Waals surface area (Å²) >= 11 is 1.32. The third kappa shape index (κ3) is 3.83. The summed E-state index contributed by atoms with van der Waals surface area (Å²) in [5, 5.41) is 0.125. The largest absolute Gasteiger partial charge is 0.341 e. The lowest BCUT2D eigenvalue weighted by Gasteiger charge is -2.17. The van der Waals surface area contributed by atoms with Gasteiger partial charge in [-0.05, 0) is 12.8 Å². The topological polar surface area (TPSA) is 55.2 Å². The molecule has 2 heterocycles. The summed E-state index contributed by atoms with van der Waals surface area (Å²) in [4.78, 5) is 28.9. The van der Waals surface area contributed by atoms with E-state index >= 15 is 0 Å². The Kier molecular flexibility index (Phi) is 4.63. The number of aryl methyl sites for hydroxylation is 1. The minimum absolute atomic E-state index is 0.125. The van der Waals surface area contributed by atoms with Crippen LogP contribution in [0.5, 0.6) is 0 Å². The van der Waals surface area contributed by atoms with Gasteiger partial charge >= 0.3 is 0 Å². The Balaban J connectivity index is 1.80. The maximum atomic E-state index is 11.9. The molecule has 1 aliphatic heterocycles. The van der Waals surface area contributed by atoms with E-state index in [0.29, 0.717) is 12.3 Å². The molecule has 1 fully saturated rings. The van der Waals surface area contributed by atoms with E-state index in [-0.39, 0.29) is 11.0 Å². The standard InChI is InChI=1S/C13H19N3O2S/c1-10-14-3-4-15(10)5-6-16-8-12(7-13(16)18)9-19-11(2)17/h3-4,12H,5-9H2,1-2H3. The van der Waals surface area contributed by atoms with Crippen LogP contribution < -0.4 is 0 Å². The van der Waals surface area contributed by atoms with Gasteiger partial charge in [-0.15, -0.1) is 0 Å².